The van der Waals surface area contributed by atoms with Crippen molar-refractivity contribution in [3.63, 3.8) is 0 Å². The summed E-state index contributed by atoms with van der Waals surface area (Å²) in [5, 5.41) is -0.220. The van der Waals surface area contributed by atoms with E-state index >= 15 is 0 Å². The average molecular weight is 356 g/mol. The zero-order valence-electron chi connectivity index (χ0n) is 13.9. The van der Waals surface area contributed by atoms with Gasteiger partial charge in [-0.25, -0.2) is 0 Å². The predicted molar refractivity (Wildman–Crippen MR) is 98.4 cm³/mol. The van der Waals surface area contributed by atoms with Gasteiger partial charge in [0, 0.05) is 4.90 Å². The van der Waals surface area contributed by atoms with Gasteiger partial charge in [-0.15, -0.1) is 11.8 Å². The summed E-state index contributed by atoms with van der Waals surface area (Å²) in [6.45, 7) is 1.87. The van der Waals surface area contributed by atoms with Gasteiger partial charge in [0.15, 0.2) is 0 Å². The number of nitrogens with zero attached hydrogens (tertiary/aromatic N) is 1. The quantitative estimate of drug-likeness (QED) is 0.853. The normalized spacial score (nSPS) is 19.9. The van der Waals surface area contributed by atoms with E-state index < -0.39 is 12.0 Å². The fourth-order valence-electron chi connectivity index (χ4n) is 2.83. The van der Waals surface area contributed by atoms with E-state index in [9.17, 15) is 9.59 Å². The molecule has 0 saturated heterocycles. The van der Waals surface area contributed by atoms with E-state index in [4.69, 9.17) is 10.5 Å². The van der Waals surface area contributed by atoms with Crippen LogP contribution in [0.4, 0.5) is 5.69 Å². The average Bonchev–Trinajstić information content (AvgIpc) is 2.73. The number of amides is 1. The first-order valence-corrected chi connectivity index (χ1v) is 9.03. The number of fused-ring (bicyclic) bond motifs is 1. The molecule has 0 aromatic heterocycles. The van der Waals surface area contributed by atoms with Crippen LogP contribution >= 0.6 is 11.8 Å². The number of para-hydroxylation sites is 1. The second-order valence-electron chi connectivity index (χ2n) is 5.67. The zero-order chi connectivity index (χ0) is 17.8. The molecule has 3 rings (SSSR count). The van der Waals surface area contributed by atoms with Crippen molar-refractivity contribution in [2.75, 3.05) is 18.1 Å². The summed E-state index contributed by atoms with van der Waals surface area (Å²) < 4.78 is 5.02. The van der Waals surface area contributed by atoms with Gasteiger partial charge in [0.05, 0.1) is 17.5 Å². The first-order valence-electron chi connectivity index (χ1n) is 8.15. The second-order valence-corrected chi connectivity index (χ2v) is 6.86. The van der Waals surface area contributed by atoms with Crippen molar-refractivity contribution in [3.8, 4) is 0 Å². The van der Waals surface area contributed by atoms with Gasteiger partial charge >= 0.3 is 5.97 Å². The van der Waals surface area contributed by atoms with Crippen LogP contribution in [0, 0.1) is 0 Å². The first-order chi connectivity index (χ1) is 12.1. The standard InChI is InChI=1S/C19H20N2O3S/c1-2-24-16(22)12-21-14-10-6-7-11-15(14)25-18(17(20)19(21)23)13-8-4-3-5-9-13/h3-11,17-18H,2,12,20H2,1H3/t17-,18-/m0/s1. The van der Waals surface area contributed by atoms with Crippen LogP contribution in [0.5, 0.6) is 0 Å². The molecule has 2 atom stereocenters. The fraction of sp³-hybridized carbons (Fsp3) is 0.263. The minimum atomic E-state index is -0.755. The number of rotatable bonds is 4. The SMILES string of the molecule is CCOC(=O)CN1C(=O)[C@@H](N)[C@H](c2ccccc2)Sc2ccccc21. The van der Waals surface area contributed by atoms with Gasteiger partial charge in [-0.05, 0) is 24.6 Å². The number of ether oxygens (including phenoxy) is 1. The number of carbonyl (C=O) groups excluding carboxylic acids is 2. The molecule has 1 amide bonds. The Labute approximate surface area is 151 Å². The Morgan fingerprint density at radius 1 is 1.16 bits per heavy atom. The van der Waals surface area contributed by atoms with Gasteiger partial charge in [-0.2, -0.15) is 0 Å². The molecule has 130 valence electrons. The third-order valence-corrected chi connectivity index (χ3v) is 5.43. The van der Waals surface area contributed by atoms with Gasteiger partial charge in [-0.3, -0.25) is 14.5 Å². The number of hydrogen-bond donors (Lipinski definition) is 1. The summed E-state index contributed by atoms with van der Waals surface area (Å²) in [6, 6.07) is 16.5. The van der Waals surface area contributed by atoms with E-state index in [-0.39, 0.29) is 24.3 Å². The van der Waals surface area contributed by atoms with E-state index in [1.54, 1.807) is 18.7 Å². The van der Waals surface area contributed by atoms with E-state index in [0.717, 1.165) is 10.5 Å². The number of thioether (sulfide) groups is 1. The Bertz CT molecular complexity index is 766. The monoisotopic (exact) mass is 356 g/mol. The van der Waals surface area contributed by atoms with Crippen molar-refractivity contribution >= 4 is 29.3 Å². The fourth-order valence-corrected chi connectivity index (χ4v) is 4.12. The molecular formula is C19H20N2O3S. The smallest absolute Gasteiger partial charge is 0.326 e. The minimum absolute atomic E-state index is 0.139. The summed E-state index contributed by atoms with van der Waals surface area (Å²) in [5.74, 6) is -0.722. The van der Waals surface area contributed by atoms with Gasteiger partial charge in [0.25, 0.3) is 0 Å². The zero-order valence-corrected chi connectivity index (χ0v) is 14.7. The molecule has 1 aliphatic heterocycles. The van der Waals surface area contributed by atoms with E-state index in [0.29, 0.717) is 5.69 Å². The van der Waals surface area contributed by atoms with E-state index in [1.807, 2.05) is 54.6 Å². The number of hydrogen-bond acceptors (Lipinski definition) is 5. The Morgan fingerprint density at radius 2 is 1.84 bits per heavy atom. The molecule has 2 aromatic rings. The summed E-state index contributed by atoms with van der Waals surface area (Å²) in [4.78, 5) is 27.3. The van der Waals surface area contributed by atoms with Crippen LogP contribution in [0.3, 0.4) is 0 Å². The lowest BCUT2D eigenvalue weighted by atomic mass is 10.0. The lowest BCUT2D eigenvalue weighted by Crippen LogP contribution is -2.47. The molecule has 6 heteroatoms. The third kappa shape index (κ3) is 3.70. The molecule has 1 aliphatic rings. The van der Waals surface area contributed by atoms with Gasteiger partial charge in [0.1, 0.15) is 12.6 Å². The van der Waals surface area contributed by atoms with Gasteiger partial charge in [-0.1, -0.05) is 42.5 Å². The molecule has 0 fully saturated rings. The molecule has 0 unspecified atom stereocenters. The summed E-state index contributed by atoms with van der Waals surface area (Å²) in [6.07, 6.45) is 0. The van der Waals surface area contributed by atoms with Crippen LogP contribution in [-0.2, 0) is 14.3 Å². The molecule has 0 saturated carbocycles. The van der Waals surface area contributed by atoms with E-state index in [1.165, 1.54) is 4.90 Å². The van der Waals surface area contributed by atoms with Gasteiger partial charge in [0.2, 0.25) is 5.91 Å². The lowest BCUT2D eigenvalue weighted by Gasteiger charge is -2.24. The highest BCUT2D eigenvalue weighted by molar-refractivity contribution is 7.99. The number of nitrogens with two attached hydrogens (primary N) is 1. The molecule has 5 nitrogen and oxygen atoms in total. The Morgan fingerprint density at radius 3 is 2.56 bits per heavy atom. The topological polar surface area (TPSA) is 72.6 Å². The molecule has 0 spiro atoms. The maximum atomic E-state index is 13.0. The highest BCUT2D eigenvalue weighted by Crippen LogP contribution is 2.44. The molecule has 0 radical (unpaired) electrons. The molecule has 25 heavy (non-hydrogen) atoms. The van der Waals surface area contributed by atoms with Crippen LogP contribution in [0.25, 0.3) is 0 Å². The van der Waals surface area contributed by atoms with Crippen molar-refractivity contribution in [1.82, 2.24) is 0 Å². The molecule has 0 bridgehead atoms. The summed E-state index contributed by atoms with van der Waals surface area (Å²) in [5.41, 5.74) is 7.99. The molecule has 1 heterocycles. The number of anilines is 1. The maximum Gasteiger partial charge on any atom is 0.326 e. The number of esters is 1. The van der Waals surface area contributed by atoms with Crippen LogP contribution < -0.4 is 10.6 Å². The second kappa shape index (κ2) is 7.72. The largest absolute Gasteiger partial charge is 0.465 e. The molecule has 2 N–H and O–H groups in total. The highest BCUT2D eigenvalue weighted by atomic mass is 32.2. The van der Waals surface area contributed by atoms with Crippen molar-refractivity contribution in [3.05, 3.63) is 60.2 Å². The van der Waals surface area contributed by atoms with Crippen LogP contribution in [0.15, 0.2) is 59.5 Å². The minimum Gasteiger partial charge on any atom is -0.465 e. The summed E-state index contributed by atoms with van der Waals surface area (Å²) >= 11 is 1.55. The Kier molecular flexibility index (Phi) is 5.40. The lowest BCUT2D eigenvalue weighted by molar-refractivity contribution is -0.142. The Balaban J connectivity index is 2.00. The molecule has 2 aromatic carbocycles. The van der Waals surface area contributed by atoms with Crippen molar-refractivity contribution in [2.24, 2.45) is 5.73 Å². The summed E-state index contributed by atoms with van der Waals surface area (Å²) in [7, 11) is 0. The van der Waals surface area contributed by atoms with E-state index in [2.05, 4.69) is 0 Å². The van der Waals surface area contributed by atoms with Crippen molar-refractivity contribution < 1.29 is 14.3 Å². The predicted octanol–water partition coefficient (Wildman–Crippen LogP) is 2.76. The van der Waals surface area contributed by atoms with Gasteiger partial charge < -0.3 is 10.5 Å². The van der Waals surface area contributed by atoms with Crippen LogP contribution in [0.2, 0.25) is 0 Å². The van der Waals surface area contributed by atoms with Crippen molar-refractivity contribution in [1.29, 1.82) is 0 Å². The first kappa shape index (κ1) is 17.5. The van der Waals surface area contributed by atoms with Crippen molar-refractivity contribution in [2.45, 2.75) is 23.1 Å². The molecule has 0 aliphatic carbocycles. The maximum absolute atomic E-state index is 13.0. The Hall–Kier alpha value is -2.31. The molecular weight excluding hydrogens is 336 g/mol. The highest BCUT2D eigenvalue weighted by Gasteiger charge is 2.36. The third-order valence-electron chi connectivity index (χ3n) is 4.01. The number of carbonyl (C=O) groups is 2. The number of benzene rings is 2. The van der Waals surface area contributed by atoms with Crippen LogP contribution in [0.1, 0.15) is 17.7 Å². The van der Waals surface area contributed by atoms with Crippen LogP contribution in [-0.4, -0.2) is 31.1 Å².